The molecule has 13 heteroatoms. The number of rotatable bonds is 5. The van der Waals surface area contributed by atoms with Gasteiger partial charge in [-0.2, -0.15) is 10.2 Å². The number of piperazine rings is 1. The van der Waals surface area contributed by atoms with Gasteiger partial charge in [-0.3, -0.25) is 14.5 Å². The lowest BCUT2D eigenvalue weighted by atomic mass is 9.91. The molecule has 3 aliphatic rings. The number of ether oxygens (including phenoxy) is 1. The molecular formula is C36H41F3N6O4. The van der Waals surface area contributed by atoms with Crippen LogP contribution in [0.1, 0.15) is 69.6 Å². The van der Waals surface area contributed by atoms with Crippen molar-refractivity contribution in [3.8, 4) is 0 Å². The molecule has 0 bridgehead atoms. The van der Waals surface area contributed by atoms with Crippen LogP contribution in [0.25, 0.3) is 0 Å². The molecule has 2 aromatic carbocycles. The number of anilines is 1. The van der Waals surface area contributed by atoms with Gasteiger partial charge in [0.05, 0.1) is 23.6 Å². The van der Waals surface area contributed by atoms with E-state index in [2.05, 4.69) is 10.2 Å². The zero-order chi connectivity index (χ0) is 35.4. The number of halogens is 3. The molecule has 0 aliphatic carbocycles. The number of hydrogen-bond donors (Lipinski definition) is 0. The number of nitrogens with zero attached hydrogens (tertiary/aromatic N) is 6. The molecule has 0 saturated carbocycles. The summed E-state index contributed by atoms with van der Waals surface area (Å²) in [6.07, 6.45) is -0.507. The fourth-order valence-electron chi connectivity index (χ4n) is 6.87. The predicted molar refractivity (Wildman–Crippen MR) is 175 cm³/mol. The van der Waals surface area contributed by atoms with E-state index in [1.54, 1.807) is 53.7 Å². The second-order valence-electron chi connectivity index (χ2n) is 14.8. The van der Waals surface area contributed by atoms with Gasteiger partial charge in [-0.1, -0.05) is 32.0 Å². The van der Waals surface area contributed by atoms with Crippen LogP contribution < -0.4 is 4.90 Å². The van der Waals surface area contributed by atoms with Crippen molar-refractivity contribution in [2.45, 2.75) is 84.2 Å². The van der Waals surface area contributed by atoms with E-state index in [0.29, 0.717) is 29.2 Å². The van der Waals surface area contributed by atoms with Gasteiger partial charge in [0, 0.05) is 62.2 Å². The van der Waals surface area contributed by atoms with Crippen molar-refractivity contribution >= 4 is 23.6 Å². The van der Waals surface area contributed by atoms with Crippen LogP contribution in [-0.4, -0.2) is 86.7 Å². The zero-order valence-electron chi connectivity index (χ0n) is 28.6. The van der Waals surface area contributed by atoms with Crippen LogP contribution in [0.5, 0.6) is 0 Å². The molecular weight excluding hydrogens is 637 g/mol. The monoisotopic (exact) mass is 678 g/mol. The maximum atomic E-state index is 14.6. The second kappa shape index (κ2) is 12.7. The molecule has 1 aromatic heterocycles. The zero-order valence-corrected chi connectivity index (χ0v) is 28.6. The van der Waals surface area contributed by atoms with Crippen molar-refractivity contribution in [2.24, 2.45) is 0 Å². The van der Waals surface area contributed by atoms with E-state index in [9.17, 15) is 27.6 Å². The van der Waals surface area contributed by atoms with Gasteiger partial charge < -0.3 is 19.4 Å². The van der Waals surface area contributed by atoms with E-state index < -0.39 is 34.8 Å². The average molecular weight is 679 g/mol. The van der Waals surface area contributed by atoms with Gasteiger partial charge in [0.1, 0.15) is 29.1 Å². The summed E-state index contributed by atoms with van der Waals surface area (Å²) in [5, 5.41) is 8.72. The van der Waals surface area contributed by atoms with E-state index in [0.717, 1.165) is 11.6 Å². The Bertz CT molecular complexity index is 1810. The van der Waals surface area contributed by atoms with Crippen LogP contribution in [0.3, 0.4) is 0 Å². The molecule has 0 N–H and O–H groups in total. The molecule has 1 saturated heterocycles. The molecule has 3 aliphatic heterocycles. The molecule has 2 atom stereocenters. The molecule has 260 valence electrons. The first-order valence-corrected chi connectivity index (χ1v) is 16.4. The maximum Gasteiger partial charge on any atom is 0.410 e. The van der Waals surface area contributed by atoms with Gasteiger partial charge in [-0.05, 0) is 57.0 Å². The SMILES string of the molecule is C[C@@H]1CN(CC(=O)N2CC(C)(C)c3nnc(Cc4ccc(F)cc4F)cc32)[C@H](C(=O)N2Cc3cccc(F)c3C2)CN1C(=O)OC(C)(C)C. The molecule has 0 radical (unpaired) electrons. The van der Waals surface area contributed by atoms with Gasteiger partial charge in [0.2, 0.25) is 11.8 Å². The first-order chi connectivity index (χ1) is 23.0. The normalized spacial score (nSPS) is 20.3. The number of fused-ring (bicyclic) bond motifs is 2. The van der Waals surface area contributed by atoms with Crippen molar-refractivity contribution in [1.29, 1.82) is 0 Å². The van der Waals surface area contributed by atoms with Crippen LogP contribution >= 0.6 is 0 Å². The summed E-state index contributed by atoms with van der Waals surface area (Å²) < 4.78 is 48.2. The fourth-order valence-corrected chi connectivity index (χ4v) is 6.87. The quantitative estimate of drug-likeness (QED) is 0.376. The highest BCUT2D eigenvalue weighted by Crippen LogP contribution is 2.39. The summed E-state index contributed by atoms with van der Waals surface area (Å²) >= 11 is 0. The van der Waals surface area contributed by atoms with Gasteiger partial charge in [-0.25, -0.2) is 18.0 Å². The Morgan fingerprint density at radius 2 is 1.73 bits per heavy atom. The minimum Gasteiger partial charge on any atom is -0.444 e. The summed E-state index contributed by atoms with van der Waals surface area (Å²) in [5.41, 5.74) is 1.69. The third-order valence-electron chi connectivity index (χ3n) is 9.33. The van der Waals surface area contributed by atoms with Crippen LogP contribution in [0.15, 0.2) is 42.5 Å². The van der Waals surface area contributed by atoms with Crippen LogP contribution in [-0.2, 0) is 39.3 Å². The molecule has 3 aromatic rings. The standard InChI is InChI=1S/C36H41F3N6O4/c1-21-15-42(30(18-44(21)34(48)49-35(2,3)4)33(47)43-16-23-8-7-9-27(38)26(23)17-43)19-31(46)45-20-36(5,6)32-29(45)14-25(40-41-32)12-22-10-11-24(37)13-28(22)39/h7-11,13-14,21,30H,12,15-20H2,1-6H3/t21-,30+/m1/s1. The third-order valence-corrected chi connectivity index (χ3v) is 9.33. The molecule has 1 fully saturated rings. The van der Waals surface area contributed by atoms with Gasteiger partial charge in [0.25, 0.3) is 0 Å². The summed E-state index contributed by atoms with van der Waals surface area (Å²) in [7, 11) is 0. The Morgan fingerprint density at radius 3 is 2.43 bits per heavy atom. The Labute approximate surface area is 283 Å². The number of carbonyl (C=O) groups is 3. The third kappa shape index (κ3) is 6.99. The average Bonchev–Trinajstić information content (AvgIpc) is 3.57. The molecule has 49 heavy (non-hydrogen) atoms. The number of hydrogen-bond acceptors (Lipinski definition) is 7. The topological polar surface area (TPSA) is 99.2 Å². The second-order valence-corrected chi connectivity index (χ2v) is 14.8. The summed E-state index contributed by atoms with van der Waals surface area (Å²) in [6, 6.07) is 8.54. The van der Waals surface area contributed by atoms with Crippen molar-refractivity contribution in [3.05, 3.63) is 88.0 Å². The molecule has 3 amide bonds. The highest BCUT2D eigenvalue weighted by atomic mass is 19.1. The van der Waals surface area contributed by atoms with Crippen LogP contribution in [0.4, 0.5) is 23.7 Å². The van der Waals surface area contributed by atoms with E-state index in [1.165, 1.54) is 23.1 Å². The van der Waals surface area contributed by atoms with Gasteiger partial charge in [0.15, 0.2) is 0 Å². The Balaban J connectivity index is 1.26. The van der Waals surface area contributed by atoms with E-state index in [-0.39, 0.29) is 68.4 Å². The summed E-state index contributed by atoms with van der Waals surface area (Å²) in [6.45, 7) is 11.7. The number of benzene rings is 2. The number of aromatic nitrogens is 2. The molecule has 6 rings (SSSR count). The van der Waals surface area contributed by atoms with Gasteiger partial charge in [-0.15, -0.1) is 0 Å². The van der Waals surface area contributed by atoms with Crippen molar-refractivity contribution in [1.82, 2.24) is 24.9 Å². The molecule has 4 heterocycles. The fraction of sp³-hybridized carbons (Fsp3) is 0.472. The first kappa shape index (κ1) is 34.3. The van der Waals surface area contributed by atoms with Crippen molar-refractivity contribution < 1.29 is 32.3 Å². The summed E-state index contributed by atoms with van der Waals surface area (Å²) in [5.74, 6) is -2.37. The van der Waals surface area contributed by atoms with E-state index >= 15 is 0 Å². The lowest BCUT2D eigenvalue weighted by Gasteiger charge is -2.45. The molecule has 10 nitrogen and oxygen atoms in total. The Kier molecular flexibility index (Phi) is 8.93. The van der Waals surface area contributed by atoms with Crippen LogP contribution in [0, 0.1) is 17.5 Å². The van der Waals surface area contributed by atoms with Gasteiger partial charge >= 0.3 is 6.09 Å². The highest BCUT2D eigenvalue weighted by Gasteiger charge is 2.45. The first-order valence-electron chi connectivity index (χ1n) is 16.4. The van der Waals surface area contributed by atoms with E-state index in [4.69, 9.17) is 4.74 Å². The largest absolute Gasteiger partial charge is 0.444 e. The minimum absolute atomic E-state index is 0.0154. The maximum absolute atomic E-state index is 14.6. The Hall–Kier alpha value is -4.52. The number of amides is 3. The Morgan fingerprint density at radius 1 is 0.980 bits per heavy atom. The predicted octanol–water partition coefficient (Wildman–Crippen LogP) is 4.96. The summed E-state index contributed by atoms with van der Waals surface area (Å²) in [4.78, 5) is 48.1. The molecule has 0 unspecified atom stereocenters. The number of carbonyl (C=O) groups excluding carboxylic acids is 3. The smallest absolute Gasteiger partial charge is 0.410 e. The van der Waals surface area contributed by atoms with Crippen molar-refractivity contribution in [2.75, 3.05) is 31.1 Å². The lowest BCUT2D eigenvalue weighted by Crippen LogP contribution is -2.64. The minimum atomic E-state index is -0.896. The van der Waals surface area contributed by atoms with E-state index in [1.807, 2.05) is 20.8 Å². The van der Waals surface area contributed by atoms with Crippen LogP contribution in [0.2, 0.25) is 0 Å². The highest BCUT2D eigenvalue weighted by molar-refractivity contribution is 5.97. The van der Waals surface area contributed by atoms with Crippen molar-refractivity contribution in [3.63, 3.8) is 0 Å². The molecule has 0 spiro atoms. The lowest BCUT2D eigenvalue weighted by molar-refractivity contribution is -0.142.